The van der Waals surface area contributed by atoms with E-state index in [0.29, 0.717) is 16.7 Å². The molecule has 0 atom stereocenters. The molecule has 0 unspecified atom stereocenters. The zero-order valence-electron chi connectivity index (χ0n) is 11.4. The third kappa shape index (κ3) is 2.65. The highest BCUT2D eigenvalue weighted by Crippen LogP contribution is 2.18. The second-order valence-electron chi connectivity index (χ2n) is 5.07. The fraction of sp³-hybridized carbons (Fsp3) is 0.267. The molecule has 2 heterocycles. The van der Waals surface area contributed by atoms with Crippen LogP contribution in [0.4, 0.5) is 0 Å². The lowest BCUT2D eigenvalue weighted by molar-refractivity contribution is 0.0793. The Morgan fingerprint density at radius 3 is 2.62 bits per heavy atom. The largest absolute Gasteiger partial charge is 0.339 e. The summed E-state index contributed by atoms with van der Waals surface area (Å²) >= 11 is 0. The van der Waals surface area contributed by atoms with Crippen LogP contribution in [0.1, 0.15) is 23.2 Å². The molecule has 0 bridgehead atoms. The molecule has 108 valence electrons. The zero-order valence-corrected chi connectivity index (χ0v) is 11.4. The van der Waals surface area contributed by atoms with Gasteiger partial charge in [-0.3, -0.25) is 14.6 Å². The van der Waals surface area contributed by atoms with Gasteiger partial charge in [-0.25, -0.2) is 4.79 Å². The topological polar surface area (TPSA) is 86.0 Å². The molecule has 6 nitrogen and oxygen atoms in total. The first kappa shape index (κ1) is 13.4. The van der Waals surface area contributed by atoms with Crippen molar-refractivity contribution in [3.8, 4) is 11.1 Å². The molecule has 0 aliphatic carbocycles. The van der Waals surface area contributed by atoms with E-state index in [9.17, 15) is 14.4 Å². The number of hydrogen-bond donors (Lipinski definition) is 2. The number of nitrogens with one attached hydrogen (secondary N) is 2. The van der Waals surface area contributed by atoms with Crippen LogP contribution in [0.2, 0.25) is 0 Å². The summed E-state index contributed by atoms with van der Waals surface area (Å²) in [5.74, 6) is -0.0183. The van der Waals surface area contributed by atoms with Gasteiger partial charge < -0.3 is 9.88 Å². The monoisotopic (exact) mass is 285 g/mol. The Kier molecular flexibility index (Phi) is 3.43. The van der Waals surface area contributed by atoms with Crippen LogP contribution in [0.25, 0.3) is 11.1 Å². The molecule has 21 heavy (non-hydrogen) atoms. The number of benzene rings is 1. The van der Waals surface area contributed by atoms with Gasteiger partial charge in [0.1, 0.15) is 0 Å². The van der Waals surface area contributed by atoms with E-state index in [1.165, 1.54) is 6.20 Å². The molecule has 1 amide bonds. The maximum absolute atomic E-state index is 12.4. The molecule has 1 aromatic carbocycles. The number of aromatic nitrogens is 2. The Hall–Kier alpha value is -2.63. The molecule has 0 spiro atoms. The van der Waals surface area contributed by atoms with Gasteiger partial charge in [0.2, 0.25) is 0 Å². The molecule has 1 aromatic heterocycles. The Labute approximate surface area is 120 Å². The number of likely N-dealkylation sites (tertiary alicyclic amines) is 1. The van der Waals surface area contributed by atoms with E-state index in [-0.39, 0.29) is 5.91 Å². The molecule has 6 heteroatoms. The average Bonchev–Trinajstić information content (AvgIpc) is 3.01. The summed E-state index contributed by atoms with van der Waals surface area (Å²) in [4.78, 5) is 41.6. The Bertz CT molecular complexity index is 785. The number of carbonyl (C=O) groups is 1. The van der Waals surface area contributed by atoms with E-state index in [1.807, 2.05) is 4.90 Å². The van der Waals surface area contributed by atoms with E-state index in [4.69, 9.17) is 0 Å². The highest BCUT2D eigenvalue weighted by Gasteiger charge is 2.19. The van der Waals surface area contributed by atoms with Crippen LogP contribution in [0.3, 0.4) is 0 Å². The summed E-state index contributed by atoms with van der Waals surface area (Å²) in [6.07, 6.45) is 3.43. The van der Waals surface area contributed by atoms with E-state index in [1.54, 1.807) is 24.3 Å². The first-order valence-corrected chi connectivity index (χ1v) is 6.87. The molecular formula is C15H15N3O3. The van der Waals surface area contributed by atoms with Crippen LogP contribution in [0.15, 0.2) is 40.1 Å². The summed E-state index contributed by atoms with van der Waals surface area (Å²) in [7, 11) is 0. The van der Waals surface area contributed by atoms with Gasteiger partial charge >= 0.3 is 5.69 Å². The Morgan fingerprint density at radius 1 is 1.14 bits per heavy atom. The van der Waals surface area contributed by atoms with Gasteiger partial charge in [0.15, 0.2) is 0 Å². The molecular weight excluding hydrogens is 270 g/mol. The number of hydrogen-bond acceptors (Lipinski definition) is 3. The number of aromatic amines is 2. The van der Waals surface area contributed by atoms with E-state index >= 15 is 0 Å². The van der Waals surface area contributed by atoms with Gasteiger partial charge in [0.05, 0.1) is 5.56 Å². The molecule has 3 rings (SSSR count). The summed E-state index contributed by atoms with van der Waals surface area (Å²) < 4.78 is 0. The lowest BCUT2D eigenvalue weighted by Gasteiger charge is -2.15. The average molecular weight is 285 g/mol. The van der Waals surface area contributed by atoms with Gasteiger partial charge in [-0.1, -0.05) is 12.1 Å². The van der Waals surface area contributed by atoms with Crippen molar-refractivity contribution in [1.29, 1.82) is 0 Å². The summed E-state index contributed by atoms with van der Waals surface area (Å²) in [5, 5.41) is 0. The molecule has 1 fully saturated rings. The van der Waals surface area contributed by atoms with Crippen molar-refractivity contribution in [2.24, 2.45) is 0 Å². The van der Waals surface area contributed by atoms with Gasteiger partial charge in [-0.05, 0) is 30.5 Å². The van der Waals surface area contributed by atoms with E-state index in [0.717, 1.165) is 25.9 Å². The molecule has 0 saturated carbocycles. The van der Waals surface area contributed by atoms with Crippen molar-refractivity contribution in [2.45, 2.75) is 12.8 Å². The fourth-order valence-electron chi connectivity index (χ4n) is 2.55. The van der Waals surface area contributed by atoms with Crippen molar-refractivity contribution >= 4 is 5.91 Å². The second-order valence-corrected chi connectivity index (χ2v) is 5.07. The van der Waals surface area contributed by atoms with Gasteiger partial charge in [0, 0.05) is 24.8 Å². The summed E-state index contributed by atoms with van der Waals surface area (Å²) in [6, 6.07) is 6.90. The van der Waals surface area contributed by atoms with Crippen molar-refractivity contribution in [2.75, 3.05) is 13.1 Å². The van der Waals surface area contributed by atoms with Gasteiger partial charge in [-0.2, -0.15) is 0 Å². The highest BCUT2D eigenvalue weighted by atomic mass is 16.2. The lowest BCUT2D eigenvalue weighted by atomic mass is 10.1. The van der Waals surface area contributed by atoms with Crippen molar-refractivity contribution in [3.63, 3.8) is 0 Å². The first-order valence-electron chi connectivity index (χ1n) is 6.87. The van der Waals surface area contributed by atoms with E-state index < -0.39 is 11.2 Å². The van der Waals surface area contributed by atoms with Crippen molar-refractivity contribution in [1.82, 2.24) is 14.9 Å². The van der Waals surface area contributed by atoms with Crippen molar-refractivity contribution in [3.05, 3.63) is 56.9 Å². The standard InChI is InChI=1S/C15H15N3O3/c19-13-12(9-16-15(21)17-13)10-4-3-5-11(8-10)14(20)18-6-1-2-7-18/h3-5,8-9H,1-2,6-7H2,(H2,16,17,19,21). The summed E-state index contributed by atoms with van der Waals surface area (Å²) in [5.41, 5.74) is 0.487. The van der Waals surface area contributed by atoms with Crippen LogP contribution in [0, 0.1) is 0 Å². The minimum Gasteiger partial charge on any atom is -0.339 e. The first-order chi connectivity index (χ1) is 10.1. The van der Waals surface area contributed by atoms with Crippen LogP contribution in [-0.2, 0) is 0 Å². The predicted octanol–water partition coefficient (Wildman–Crippen LogP) is 0.966. The summed E-state index contributed by atoms with van der Waals surface area (Å²) in [6.45, 7) is 1.56. The maximum atomic E-state index is 12.4. The number of H-pyrrole nitrogens is 2. The number of nitrogens with zero attached hydrogens (tertiary/aromatic N) is 1. The fourth-order valence-corrected chi connectivity index (χ4v) is 2.55. The van der Waals surface area contributed by atoms with E-state index in [2.05, 4.69) is 9.97 Å². The second kappa shape index (κ2) is 5.40. The smallest absolute Gasteiger partial charge is 0.325 e. The predicted molar refractivity (Wildman–Crippen MR) is 78.3 cm³/mol. The normalized spacial score (nSPS) is 14.4. The minimum absolute atomic E-state index is 0.0183. The Morgan fingerprint density at radius 2 is 1.90 bits per heavy atom. The van der Waals surface area contributed by atoms with Gasteiger partial charge in [0.25, 0.3) is 11.5 Å². The van der Waals surface area contributed by atoms with Crippen molar-refractivity contribution < 1.29 is 4.79 Å². The molecule has 0 radical (unpaired) electrons. The maximum Gasteiger partial charge on any atom is 0.325 e. The minimum atomic E-state index is -0.548. The molecule has 1 aliphatic heterocycles. The lowest BCUT2D eigenvalue weighted by Crippen LogP contribution is -2.27. The number of rotatable bonds is 2. The van der Waals surface area contributed by atoms with Crippen LogP contribution in [-0.4, -0.2) is 33.9 Å². The zero-order chi connectivity index (χ0) is 14.8. The molecule has 1 saturated heterocycles. The molecule has 2 aromatic rings. The number of amides is 1. The molecule has 1 aliphatic rings. The highest BCUT2D eigenvalue weighted by molar-refractivity contribution is 5.95. The number of carbonyl (C=O) groups excluding carboxylic acids is 1. The van der Waals surface area contributed by atoms with Crippen LogP contribution in [0.5, 0.6) is 0 Å². The van der Waals surface area contributed by atoms with Crippen LogP contribution >= 0.6 is 0 Å². The third-order valence-corrected chi connectivity index (χ3v) is 3.63. The third-order valence-electron chi connectivity index (χ3n) is 3.63. The van der Waals surface area contributed by atoms with Crippen LogP contribution < -0.4 is 11.2 Å². The quantitative estimate of drug-likeness (QED) is 0.862. The Balaban J connectivity index is 1.98. The SMILES string of the molecule is O=C(c1cccc(-c2c[nH]c(=O)[nH]c2=O)c1)N1CCCC1. The van der Waals surface area contributed by atoms with Gasteiger partial charge in [-0.15, -0.1) is 0 Å². The molecule has 2 N–H and O–H groups in total.